The fourth-order valence-electron chi connectivity index (χ4n) is 16.7. The van der Waals surface area contributed by atoms with Crippen LogP contribution >= 0.6 is 45.3 Å². The molecule has 9 aromatic carbocycles. The van der Waals surface area contributed by atoms with Crippen LogP contribution in [0.15, 0.2) is 206 Å². The molecule has 14 heterocycles. The summed E-state index contributed by atoms with van der Waals surface area (Å²) in [7, 11) is 0. The Morgan fingerprint density at radius 2 is 0.759 bits per heavy atom. The minimum absolute atomic E-state index is 0.295. The van der Waals surface area contributed by atoms with Gasteiger partial charge in [-0.15, -0.1) is 45.3 Å². The van der Waals surface area contributed by atoms with E-state index >= 15 is 0 Å². The van der Waals surface area contributed by atoms with Crippen molar-refractivity contribution >= 4 is 157 Å². The molecule has 690 valence electrons. The van der Waals surface area contributed by atoms with E-state index in [0.29, 0.717) is 59.3 Å². The maximum absolute atomic E-state index is 4.77. The van der Waals surface area contributed by atoms with Crippen LogP contribution in [0.25, 0.3) is 160 Å². The average Bonchev–Trinajstić information content (AvgIpc) is 1.62. The van der Waals surface area contributed by atoms with E-state index in [2.05, 4.69) is 410 Å². The van der Waals surface area contributed by atoms with E-state index in [1.807, 2.05) is 41.1 Å². The second-order valence-corrected chi connectivity index (χ2v) is 42.6. The number of H-pyrrole nitrogens is 9. The molecule has 0 radical (unpaired) electrons. The number of aromatic amines is 9. The molecule has 22 aromatic rings. The molecule has 24 heteroatoms. The lowest BCUT2D eigenvalue weighted by Gasteiger charge is -2.14. The van der Waals surface area contributed by atoms with Crippen molar-refractivity contribution < 1.29 is 0 Å². The number of nitrogens with one attached hydrogen (secondary N) is 10. The van der Waals surface area contributed by atoms with Crippen LogP contribution in [-0.2, 0) is 6.42 Å². The van der Waals surface area contributed by atoms with Crippen LogP contribution in [0.2, 0.25) is 0 Å². The third kappa shape index (κ3) is 20.1. The molecule has 13 aromatic heterocycles. The standard InChI is InChI=1S/2C24H24N4S.C24H26N4S.C21H20N4.C20H20N4S/c2*1-13(2)23-25-12-20(28-23)15-5-7-16(8-6-15)21-10-17-9-18-19(11-22(17)29-21)27-24(26-18)14(3)4;1-13(2)22-25-12-19(26-22)16-7-5-15(6-8-16)17-9-10-18-20(11-17)29-24-21(18)27-23(28-24)14(3)4;1-4-20-24-18-10-15-7-5-14(9-16(15)11-19(18)25-20)6-8-17-12-22-21(23-17)13(2)3;1-11(2)19-21-10-14(22-19)5-6-15-7-13-8-16-17(9-18(13)25-15)24-20(23-16)12(3)4/h2*5-14H,1-4H3,(H,25,28)(H,26,27);5-11,13-14,19H,12H2,1-4H3,(H,25,26)(H,27,28);5,7,9-13H,4H2,1-3H3,(H,22,23)(H,24,25);7-12H,1-4H3,(H,21,22)(H,23,24). The summed E-state index contributed by atoms with van der Waals surface area (Å²) in [5.74, 6) is 26.8. The van der Waals surface area contributed by atoms with Crippen LogP contribution in [0, 0.1) is 29.6 Å². The molecule has 0 spiro atoms. The molecule has 1 unspecified atom stereocenters. The highest BCUT2D eigenvalue weighted by molar-refractivity contribution is 7.25. The Hall–Kier alpha value is -14.1. The van der Waals surface area contributed by atoms with Gasteiger partial charge >= 0.3 is 0 Å². The van der Waals surface area contributed by atoms with E-state index in [1.165, 1.54) is 88.8 Å². The fraction of sp³-hybridized carbons (Fsp3) is 0.274. The molecule has 0 bridgehead atoms. The molecular weight excluding hydrogens is 1770 g/mol. The number of imidazole rings is 9. The van der Waals surface area contributed by atoms with Gasteiger partial charge in [-0.1, -0.05) is 228 Å². The minimum Gasteiger partial charge on any atom is -0.365 e. The molecule has 1 aliphatic rings. The first-order chi connectivity index (χ1) is 66.0. The number of hydrogen-bond acceptors (Lipinski definition) is 15. The zero-order valence-corrected chi connectivity index (χ0v) is 84.1. The summed E-state index contributed by atoms with van der Waals surface area (Å²) in [5.41, 5.74) is 23.1. The molecule has 1 atom stereocenters. The predicted molar refractivity (Wildman–Crippen MR) is 575 cm³/mol. The number of fused-ring (bicyclic) bond motifs is 11. The first kappa shape index (κ1) is 92.0. The highest BCUT2D eigenvalue weighted by Crippen LogP contribution is 2.42. The Balaban J connectivity index is 0.000000110. The number of aromatic nitrogens is 18. The summed E-state index contributed by atoms with van der Waals surface area (Å²) in [4.78, 5) is 81.1. The number of amidine groups is 1. The first-order valence-corrected chi connectivity index (χ1v) is 50.8. The Morgan fingerprint density at radius 1 is 0.321 bits per heavy atom. The summed E-state index contributed by atoms with van der Waals surface area (Å²) >= 11 is 7.11. The van der Waals surface area contributed by atoms with Crippen LogP contribution in [0.5, 0.6) is 0 Å². The summed E-state index contributed by atoms with van der Waals surface area (Å²) < 4.78 is 5.04. The SMILES string of the molecule is CC(C)C1=NCC(c2ccc(-c3ccc4c(c3)sc3nc(C(C)C)[nH]c34)cc2)N1.CC(C)c1ncc(-c2ccc(-c3cc4cc5[nH]c(C(C)C)nc5cc4s3)cc2)[nH]1.CC(C)c1ncc(-c2ccc(-c3cc4cc5[nH]c(C(C)C)nc5cc4s3)cc2)[nH]1.CC(C)c1ncc(C#Cc2cc3cc4[nH]c(C(C)C)nc4cc3s2)[nH]1.CCc1nc2cc3ccc(C#Cc4cnc(C(C)C)[nH]4)cc3cc2[nH]1. The molecule has 0 saturated carbocycles. The van der Waals surface area contributed by atoms with E-state index in [-0.39, 0.29) is 0 Å². The van der Waals surface area contributed by atoms with Gasteiger partial charge in [0.25, 0.3) is 0 Å². The Kier molecular flexibility index (Phi) is 26.1. The third-order valence-corrected chi connectivity index (χ3v) is 29.1. The van der Waals surface area contributed by atoms with Gasteiger partial charge in [-0.2, -0.15) is 0 Å². The van der Waals surface area contributed by atoms with E-state index in [4.69, 9.17) is 15.0 Å². The lowest BCUT2D eigenvalue weighted by molar-refractivity contribution is 0.693. The number of aryl methyl sites for hydroxylation is 1. The first-order valence-electron chi connectivity index (χ1n) is 47.6. The molecule has 0 saturated heterocycles. The van der Waals surface area contributed by atoms with E-state index < -0.39 is 0 Å². The maximum Gasteiger partial charge on any atom is 0.142 e. The Bertz CT molecular complexity index is 7940. The zero-order chi connectivity index (χ0) is 95.3. The van der Waals surface area contributed by atoms with Gasteiger partial charge in [0.05, 0.1) is 109 Å². The number of aliphatic imine (C=N–C) groups is 1. The van der Waals surface area contributed by atoms with Crippen LogP contribution in [-0.4, -0.2) is 102 Å². The quantitative estimate of drug-likeness (QED) is 0.0408. The zero-order valence-electron chi connectivity index (χ0n) is 80.8. The molecule has 0 fully saturated rings. The molecule has 23 rings (SSSR count). The molecule has 20 nitrogen and oxygen atoms in total. The molecule has 0 amide bonds. The van der Waals surface area contributed by atoms with Crippen molar-refractivity contribution in [3.63, 3.8) is 0 Å². The van der Waals surface area contributed by atoms with Crippen LogP contribution in [0.3, 0.4) is 0 Å². The molecule has 137 heavy (non-hydrogen) atoms. The van der Waals surface area contributed by atoms with Crippen molar-refractivity contribution in [2.75, 3.05) is 6.54 Å². The van der Waals surface area contributed by atoms with Gasteiger partial charge in [0.15, 0.2) is 0 Å². The van der Waals surface area contributed by atoms with Crippen molar-refractivity contribution in [3.05, 3.63) is 281 Å². The van der Waals surface area contributed by atoms with E-state index in [0.717, 1.165) is 170 Å². The van der Waals surface area contributed by atoms with Gasteiger partial charge in [0.1, 0.15) is 68.6 Å². The monoisotopic (exact) mass is 1880 g/mol. The largest absolute Gasteiger partial charge is 0.365 e. The van der Waals surface area contributed by atoms with Crippen molar-refractivity contribution in [3.8, 4) is 78.2 Å². The van der Waals surface area contributed by atoms with Crippen molar-refractivity contribution in [1.82, 2.24) is 95.0 Å². The fourth-order valence-corrected chi connectivity index (χ4v) is 20.8. The number of thiophene rings is 4. The average molecular weight is 1880 g/mol. The molecule has 10 N–H and O–H groups in total. The lowest BCUT2D eigenvalue weighted by atomic mass is 10.0. The second-order valence-electron chi connectivity index (χ2n) is 38.3. The van der Waals surface area contributed by atoms with Crippen molar-refractivity contribution in [1.29, 1.82) is 0 Å². The summed E-state index contributed by atoms with van der Waals surface area (Å²) in [5, 5.41) is 10.9. The van der Waals surface area contributed by atoms with Gasteiger partial charge in [0.2, 0.25) is 0 Å². The summed E-state index contributed by atoms with van der Waals surface area (Å²) in [6, 6.07) is 63.7. The number of nitrogens with zero attached hydrogens (tertiary/aromatic N) is 10. The van der Waals surface area contributed by atoms with Gasteiger partial charge in [0, 0.05) is 99.2 Å². The van der Waals surface area contributed by atoms with Gasteiger partial charge in [-0.05, 0) is 169 Å². The maximum atomic E-state index is 4.77. The van der Waals surface area contributed by atoms with E-state index in [9.17, 15) is 0 Å². The van der Waals surface area contributed by atoms with Crippen molar-refractivity contribution in [2.24, 2.45) is 10.9 Å². The topological polar surface area (TPSA) is 283 Å². The number of rotatable bonds is 16. The van der Waals surface area contributed by atoms with Crippen molar-refractivity contribution in [2.45, 2.75) is 191 Å². The number of benzene rings is 9. The molecule has 0 aliphatic carbocycles. The highest BCUT2D eigenvalue weighted by Gasteiger charge is 2.23. The molecular formula is C113H114N20S4. The lowest BCUT2D eigenvalue weighted by Crippen LogP contribution is -2.26. The van der Waals surface area contributed by atoms with Crippen LogP contribution in [0.4, 0.5) is 0 Å². The smallest absolute Gasteiger partial charge is 0.142 e. The third-order valence-electron chi connectivity index (χ3n) is 24.7. The van der Waals surface area contributed by atoms with Gasteiger partial charge < -0.3 is 50.2 Å². The Labute approximate surface area is 813 Å². The normalized spacial score (nSPS) is 12.8. The summed E-state index contributed by atoms with van der Waals surface area (Å²) in [6.45, 7) is 41.6. The highest BCUT2D eigenvalue weighted by atomic mass is 32.1. The van der Waals surface area contributed by atoms with Crippen LogP contribution in [0.1, 0.15) is 265 Å². The number of hydrogen-bond donors (Lipinski definition) is 10. The molecule has 1 aliphatic heterocycles. The van der Waals surface area contributed by atoms with Gasteiger partial charge in [-0.3, -0.25) is 4.99 Å². The van der Waals surface area contributed by atoms with Crippen LogP contribution < -0.4 is 5.32 Å². The van der Waals surface area contributed by atoms with E-state index in [1.54, 1.807) is 35.1 Å². The predicted octanol–water partition coefficient (Wildman–Crippen LogP) is 30.1. The Morgan fingerprint density at radius 3 is 1.24 bits per heavy atom. The minimum atomic E-state index is 0.295. The summed E-state index contributed by atoms with van der Waals surface area (Å²) in [6.07, 6.45) is 8.35. The second kappa shape index (κ2) is 38.9. The van der Waals surface area contributed by atoms with Gasteiger partial charge in [-0.25, -0.2) is 44.9 Å².